The highest BCUT2D eigenvalue weighted by Crippen LogP contribution is 2.24. The van der Waals surface area contributed by atoms with Gasteiger partial charge in [0.25, 0.3) is 0 Å². The maximum absolute atomic E-state index is 12.4. The van der Waals surface area contributed by atoms with Crippen molar-refractivity contribution >= 4 is 21.9 Å². The van der Waals surface area contributed by atoms with Crippen LogP contribution in [0.3, 0.4) is 0 Å². The van der Waals surface area contributed by atoms with Gasteiger partial charge in [0.15, 0.2) is 5.96 Å². The van der Waals surface area contributed by atoms with Crippen molar-refractivity contribution in [3.05, 3.63) is 28.2 Å². The number of hydrogen-bond donors (Lipinski definition) is 2. The van der Waals surface area contributed by atoms with Crippen molar-refractivity contribution in [2.24, 2.45) is 10.9 Å². The van der Waals surface area contributed by atoms with E-state index in [2.05, 4.69) is 50.1 Å². The van der Waals surface area contributed by atoms with Crippen LogP contribution in [0.4, 0.5) is 8.78 Å². The average Bonchev–Trinajstić information content (AvgIpc) is 2.41. The third-order valence-corrected chi connectivity index (χ3v) is 3.08. The number of guanidine groups is 1. The lowest BCUT2D eigenvalue weighted by Gasteiger charge is -2.15. The molecule has 0 unspecified atom stereocenters. The minimum atomic E-state index is -2.84. The fourth-order valence-corrected chi connectivity index (χ4v) is 2.01. The van der Waals surface area contributed by atoms with Gasteiger partial charge in [0.2, 0.25) is 0 Å². The van der Waals surface area contributed by atoms with E-state index in [4.69, 9.17) is 0 Å². The summed E-state index contributed by atoms with van der Waals surface area (Å²) in [4.78, 5) is 4.08. The second-order valence-electron chi connectivity index (χ2n) is 4.83. The Morgan fingerprint density at radius 2 is 2.05 bits per heavy atom. The largest absolute Gasteiger partial charge is 0.434 e. The van der Waals surface area contributed by atoms with E-state index in [0.717, 1.165) is 11.0 Å². The van der Waals surface area contributed by atoms with E-state index >= 15 is 0 Å². The lowest BCUT2D eigenvalue weighted by atomic mass is 10.2. The van der Waals surface area contributed by atoms with Crippen LogP contribution in [-0.2, 0) is 6.54 Å². The van der Waals surface area contributed by atoms with E-state index in [0.29, 0.717) is 24.0 Å². The summed E-state index contributed by atoms with van der Waals surface area (Å²) < 4.78 is 30.1. The monoisotopic (exact) mass is 363 g/mol. The maximum atomic E-state index is 12.4. The summed E-state index contributed by atoms with van der Waals surface area (Å²) in [6, 6.07) is 4.91. The fourth-order valence-electron chi connectivity index (χ4n) is 1.60. The van der Waals surface area contributed by atoms with E-state index in [1.807, 2.05) is 0 Å². The van der Waals surface area contributed by atoms with Gasteiger partial charge in [-0.3, -0.25) is 4.99 Å². The standard InChI is InChI=1S/C14H20BrF2N3O/c1-9(2)7-19-14(18-3)20-8-10-6-11(15)4-5-12(10)21-13(16)17/h4-6,9,13H,7-8H2,1-3H3,(H2,18,19,20). The van der Waals surface area contributed by atoms with Gasteiger partial charge in [-0.25, -0.2) is 0 Å². The molecule has 2 N–H and O–H groups in total. The highest BCUT2D eigenvalue weighted by molar-refractivity contribution is 9.10. The molecule has 0 atom stereocenters. The molecule has 4 nitrogen and oxygen atoms in total. The van der Waals surface area contributed by atoms with Crippen LogP contribution >= 0.6 is 15.9 Å². The van der Waals surface area contributed by atoms with Crippen molar-refractivity contribution in [1.82, 2.24) is 10.6 Å². The molecule has 1 aromatic carbocycles. The van der Waals surface area contributed by atoms with Gasteiger partial charge < -0.3 is 15.4 Å². The summed E-state index contributed by atoms with van der Waals surface area (Å²) in [5.41, 5.74) is 0.622. The third-order valence-electron chi connectivity index (χ3n) is 2.59. The molecule has 0 aliphatic heterocycles. The van der Waals surface area contributed by atoms with E-state index in [-0.39, 0.29) is 5.75 Å². The van der Waals surface area contributed by atoms with Gasteiger partial charge in [0.05, 0.1) is 0 Å². The summed E-state index contributed by atoms with van der Waals surface area (Å²) in [5.74, 6) is 1.25. The molecule has 0 aliphatic rings. The van der Waals surface area contributed by atoms with Crippen LogP contribution in [0.5, 0.6) is 5.75 Å². The summed E-state index contributed by atoms with van der Waals surface area (Å²) in [5, 5.41) is 6.23. The minimum absolute atomic E-state index is 0.153. The molecule has 0 saturated heterocycles. The summed E-state index contributed by atoms with van der Waals surface area (Å²) in [6.07, 6.45) is 0. The zero-order valence-corrected chi connectivity index (χ0v) is 13.9. The molecule has 0 saturated carbocycles. The lowest BCUT2D eigenvalue weighted by Crippen LogP contribution is -2.38. The fraction of sp³-hybridized carbons (Fsp3) is 0.500. The van der Waals surface area contributed by atoms with E-state index in [1.54, 1.807) is 19.2 Å². The van der Waals surface area contributed by atoms with Crippen molar-refractivity contribution < 1.29 is 13.5 Å². The van der Waals surface area contributed by atoms with Crippen LogP contribution in [-0.4, -0.2) is 26.2 Å². The molecule has 118 valence electrons. The Bertz CT molecular complexity index is 481. The van der Waals surface area contributed by atoms with Crippen LogP contribution in [0.15, 0.2) is 27.7 Å². The molecule has 0 heterocycles. The van der Waals surface area contributed by atoms with Crippen LogP contribution < -0.4 is 15.4 Å². The molecule has 0 radical (unpaired) electrons. The number of nitrogens with one attached hydrogen (secondary N) is 2. The van der Waals surface area contributed by atoms with E-state index < -0.39 is 6.61 Å². The van der Waals surface area contributed by atoms with Gasteiger partial charge in [0.1, 0.15) is 5.75 Å². The van der Waals surface area contributed by atoms with Gasteiger partial charge in [-0.15, -0.1) is 0 Å². The molecular formula is C14H20BrF2N3O. The summed E-state index contributed by atoms with van der Waals surface area (Å²) in [6.45, 7) is 2.44. The smallest absolute Gasteiger partial charge is 0.387 e. The van der Waals surface area contributed by atoms with Gasteiger partial charge in [0, 0.05) is 30.2 Å². The van der Waals surface area contributed by atoms with E-state index in [1.165, 1.54) is 6.07 Å². The molecule has 0 aromatic heterocycles. The first kappa shape index (κ1) is 17.7. The molecule has 1 aromatic rings. The highest BCUT2D eigenvalue weighted by Gasteiger charge is 2.10. The summed E-state index contributed by atoms with van der Waals surface area (Å²) in [7, 11) is 1.66. The molecule has 0 bridgehead atoms. The minimum Gasteiger partial charge on any atom is -0.434 e. The number of hydrogen-bond acceptors (Lipinski definition) is 2. The molecule has 0 amide bonds. The Kier molecular flexibility index (Phi) is 7.42. The topological polar surface area (TPSA) is 45.7 Å². The second-order valence-corrected chi connectivity index (χ2v) is 5.75. The van der Waals surface area contributed by atoms with Gasteiger partial charge in [-0.05, 0) is 24.1 Å². The van der Waals surface area contributed by atoms with Crippen molar-refractivity contribution in [3.8, 4) is 5.75 Å². The van der Waals surface area contributed by atoms with E-state index in [9.17, 15) is 8.78 Å². The Morgan fingerprint density at radius 3 is 2.62 bits per heavy atom. The zero-order valence-electron chi connectivity index (χ0n) is 12.3. The molecular weight excluding hydrogens is 344 g/mol. The van der Waals surface area contributed by atoms with Gasteiger partial charge >= 0.3 is 6.61 Å². The Balaban J connectivity index is 2.70. The first-order valence-electron chi connectivity index (χ1n) is 6.60. The van der Waals surface area contributed by atoms with Crippen LogP contribution in [0, 0.1) is 5.92 Å². The molecule has 7 heteroatoms. The predicted octanol–water partition coefficient (Wildman–Crippen LogP) is 3.37. The van der Waals surface area contributed by atoms with Gasteiger partial charge in [-0.1, -0.05) is 29.8 Å². The van der Waals surface area contributed by atoms with Crippen molar-refractivity contribution in [2.75, 3.05) is 13.6 Å². The number of rotatable bonds is 6. The maximum Gasteiger partial charge on any atom is 0.387 e. The number of alkyl halides is 2. The Hall–Kier alpha value is -1.37. The Labute approximate surface area is 132 Å². The average molecular weight is 364 g/mol. The van der Waals surface area contributed by atoms with Crippen LogP contribution in [0.1, 0.15) is 19.4 Å². The number of halogens is 3. The third kappa shape index (κ3) is 6.75. The van der Waals surface area contributed by atoms with Crippen molar-refractivity contribution in [2.45, 2.75) is 27.0 Å². The molecule has 21 heavy (non-hydrogen) atoms. The molecule has 0 aliphatic carbocycles. The second kappa shape index (κ2) is 8.81. The van der Waals surface area contributed by atoms with Gasteiger partial charge in [-0.2, -0.15) is 8.78 Å². The lowest BCUT2D eigenvalue weighted by molar-refractivity contribution is -0.0504. The number of benzene rings is 1. The number of aliphatic imine (C=N–C) groups is 1. The van der Waals surface area contributed by atoms with Crippen molar-refractivity contribution in [1.29, 1.82) is 0 Å². The SMILES string of the molecule is CN=C(NCc1cc(Br)ccc1OC(F)F)NCC(C)C. The Morgan fingerprint density at radius 1 is 1.33 bits per heavy atom. The quantitative estimate of drug-likeness (QED) is 0.601. The van der Waals surface area contributed by atoms with Crippen LogP contribution in [0.2, 0.25) is 0 Å². The predicted molar refractivity (Wildman–Crippen MR) is 83.8 cm³/mol. The normalized spacial score (nSPS) is 11.9. The zero-order chi connectivity index (χ0) is 15.8. The number of ether oxygens (including phenoxy) is 1. The highest BCUT2D eigenvalue weighted by atomic mass is 79.9. The first-order chi connectivity index (χ1) is 9.92. The van der Waals surface area contributed by atoms with Crippen LogP contribution in [0.25, 0.3) is 0 Å². The number of nitrogens with zero attached hydrogens (tertiary/aromatic N) is 1. The molecule has 0 fully saturated rings. The summed E-state index contributed by atoms with van der Waals surface area (Å²) >= 11 is 3.32. The van der Waals surface area contributed by atoms with Crippen molar-refractivity contribution in [3.63, 3.8) is 0 Å². The first-order valence-corrected chi connectivity index (χ1v) is 7.39. The molecule has 0 spiro atoms. The molecule has 1 rings (SSSR count).